The molecule has 138 valence electrons. The molecule has 3 aromatic rings. The lowest BCUT2D eigenvalue weighted by Crippen LogP contribution is -2.27. The summed E-state index contributed by atoms with van der Waals surface area (Å²) in [5.74, 6) is -0.918. The van der Waals surface area contributed by atoms with Crippen LogP contribution in [-0.4, -0.2) is 21.2 Å². The number of benzene rings is 1. The number of aromatic nitrogens is 2. The molecule has 0 spiro atoms. The summed E-state index contributed by atoms with van der Waals surface area (Å²) in [5, 5.41) is 2.71. The minimum atomic E-state index is -0.500. The standard InChI is InChI=1S/C19H18N4O3S/c20-16(24)9-11-5-7-12(8-6-11)22-17(25)13-10-21-19-23(18(13)26)14-3-1-2-4-15(14)27-19/h5-8,10H,1-4,9H2,(H2,20,24)(H,22,25). The zero-order valence-corrected chi connectivity index (χ0v) is 15.3. The number of nitrogens with one attached hydrogen (secondary N) is 1. The number of nitrogens with zero attached hydrogens (tertiary/aromatic N) is 2. The van der Waals surface area contributed by atoms with E-state index in [9.17, 15) is 14.4 Å². The lowest BCUT2D eigenvalue weighted by atomic mass is 10.0. The largest absolute Gasteiger partial charge is 0.369 e. The summed E-state index contributed by atoms with van der Waals surface area (Å²) in [6.45, 7) is 0. The van der Waals surface area contributed by atoms with Crippen LogP contribution in [0.4, 0.5) is 5.69 Å². The highest BCUT2D eigenvalue weighted by Crippen LogP contribution is 2.28. The van der Waals surface area contributed by atoms with Gasteiger partial charge in [0.15, 0.2) is 4.96 Å². The summed E-state index contributed by atoms with van der Waals surface area (Å²) in [6, 6.07) is 6.77. The molecule has 2 heterocycles. The first-order valence-corrected chi connectivity index (χ1v) is 9.55. The van der Waals surface area contributed by atoms with Gasteiger partial charge in [0.05, 0.1) is 6.42 Å². The van der Waals surface area contributed by atoms with Gasteiger partial charge in [-0.1, -0.05) is 12.1 Å². The number of amides is 2. The van der Waals surface area contributed by atoms with Crippen LogP contribution in [0, 0.1) is 0 Å². The molecule has 0 radical (unpaired) electrons. The molecule has 0 saturated heterocycles. The van der Waals surface area contributed by atoms with Gasteiger partial charge in [0.1, 0.15) is 5.56 Å². The minimum absolute atomic E-state index is 0.0138. The third-order valence-electron chi connectivity index (χ3n) is 4.64. The lowest BCUT2D eigenvalue weighted by Gasteiger charge is -2.10. The molecule has 1 aliphatic carbocycles. The van der Waals surface area contributed by atoms with Crippen molar-refractivity contribution in [1.29, 1.82) is 0 Å². The summed E-state index contributed by atoms with van der Waals surface area (Å²) in [6.07, 6.45) is 5.44. The normalized spacial score (nSPS) is 13.3. The van der Waals surface area contributed by atoms with Crippen molar-refractivity contribution in [3.05, 3.63) is 62.5 Å². The number of aryl methyl sites for hydroxylation is 2. The van der Waals surface area contributed by atoms with Crippen LogP contribution in [0.1, 0.15) is 39.3 Å². The van der Waals surface area contributed by atoms with Gasteiger partial charge < -0.3 is 11.1 Å². The summed E-state index contributed by atoms with van der Waals surface area (Å²) < 4.78 is 1.59. The van der Waals surface area contributed by atoms with Gasteiger partial charge in [-0.2, -0.15) is 0 Å². The highest BCUT2D eigenvalue weighted by Gasteiger charge is 2.21. The number of nitrogens with two attached hydrogens (primary N) is 1. The molecule has 1 aromatic carbocycles. The Kier molecular flexibility index (Phi) is 4.49. The third-order valence-corrected chi connectivity index (χ3v) is 5.79. The van der Waals surface area contributed by atoms with Gasteiger partial charge in [-0.05, 0) is 43.4 Å². The predicted octanol–water partition coefficient (Wildman–Crippen LogP) is 1.91. The fourth-order valence-corrected chi connectivity index (χ4v) is 4.50. The Balaban J connectivity index is 1.62. The fraction of sp³-hybridized carbons (Fsp3) is 0.263. The number of anilines is 1. The van der Waals surface area contributed by atoms with Gasteiger partial charge >= 0.3 is 0 Å². The number of carbonyl (C=O) groups excluding carboxylic acids is 2. The van der Waals surface area contributed by atoms with Crippen molar-refractivity contribution in [1.82, 2.24) is 9.38 Å². The molecule has 0 fully saturated rings. The molecule has 3 N–H and O–H groups in total. The smallest absolute Gasteiger partial charge is 0.271 e. The first kappa shape index (κ1) is 17.4. The Morgan fingerprint density at radius 2 is 1.93 bits per heavy atom. The van der Waals surface area contributed by atoms with E-state index in [1.165, 1.54) is 22.4 Å². The zero-order chi connectivity index (χ0) is 19.0. The molecule has 0 atom stereocenters. The minimum Gasteiger partial charge on any atom is -0.369 e. The van der Waals surface area contributed by atoms with E-state index in [2.05, 4.69) is 10.3 Å². The topological polar surface area (TPSA) is 107 Å². The van der Waals surface area contributed by atoms with E-state index >= 15 is 0 Å². The number of rotatable bonds is 4. The summed E-state index contributed by atoms with van der Waals surface area (Å²) in [7, 11) is 0. The van der Waals surface area contributed by atoms with E-state index in [1.54, 1.807) is 28.7 Å². The molecule has 4 rings (SSSR count). The van der Waals surface area contributed by atoms with E-state index in [1.807, 2.05) is 0 Å². The van der Waals surface area contributed by atoms with E-state index in [0.717, 1.165) is 36.9 Å². The molecule has 27 heavy (non-hydrogen) atoms. The van der Waals surface area contributed by atoms with E-state index < -0.39 is 11.8 Å². The van der Waals surface area contributed by atoms with Gasteiger partial charge in [-0.15, -0.1) is 11.3 Å². The molecule has 0 unspecified atom stereocenters. The molecule has 7 nitrogen and oxygen atoms in total. The highest BCUT2D eigenvalue weighted by molar-refractivity contribution is 7.17. The van der Waals surface area contributed by atoms with Crippen LogP contribution >= 0.6 is 11.3 Å². The van der Waals surface area contributed by atoms with Crippen LogP contribution in [0.5, 0.6) is 0 Å². The van der Waals surface area contributed by atoms with Gasteiger partial charge in [0.25, 0.3) is 11.5 Å². The number of carbonyl (C=O) groups is 2. The van der Waals surface area contributed by atoms with Crippen LogP contribution in [0.2, 0.25) is 0 Å². The second kappa shape index (κ2) is 6.96. The maximum absolute atomic E-state index is 12.9. The Morgan fingerprint density at radius 3 is 2.67 bits per heavy atom. The van der Waals surface area contributed by atoms with Crippen molar-refractivity contribution in [3.63, 3.8) is 0 Å². The van der Waals surface area contributed by atoms with Gasteiger partial charge in [0, 0.05) is 22.5 Å². The highest BCUT2D eigenvalue weighted by atomic mass is 32.1. The van der Waals surface area contributed by atoms with Crippen molar-refractivity contribution in [2.45, 2.75) is 32.1 Å². The maximum Gasteiger partial charge on any atom is 0.271 e. The first-order chi connectivity index (χ1) is 13.0. The van der Waals surface area contributed by atoms with E-state index in [0.29, 0.717) is 10.6 Å². The average molecular weight is 382 g/mol. The Morgan fingerprint density at radius 1 is 1.19 bits per heavy atom. The maximum atomic E-state index is 12.9. The lowest BCUT2D eigenvalue weighted by molar-refractivity contribution is -0.117. The summed E-state index contributed by atoms with van der Waals surface area (Å²) in [5.41, 5.74) is 7.13. The Bertz CT molecular complexity index is 1100. The molecule has 1 aliphatic rings. The van der Waals surface area contributed by atoms with Crippen LogP contribution in [-0.2, 0) is 24.1 Å². The Labute approximate surface area is 158 Å². The van der Waals surface area contributed by atoms with Crippen molar-refractivity contribution in [2.75, 3.05) is 5.32 Å². The number of primary amides is 1. The average Bonchev–Trinajstić information content (AvgIpc) is 3.02. The predicted molar refractivity (Wildman–Crippen MR) is 103 cm³/mol. The number of thiazole rings is 1. The van der Waals surface area contributed by atoms with Crippen LogP contribution in [0.3, 0.4) is 0 Å². The molecule has 0 aliphatic heterocycles. The SMILES string of the molecule is NC(=O)Cc1ccc(NC(=O)c2cnc3sc4c(n3c2=O)CCCC4)cc1. The second-order valence-electron chi connectivity index (χ2n) is 6.57. The van der Waals surface area contributed by atoms with Gasteiger partial charge in [0.2, 0.25) is 5.91 Å². The third kappa shape index (κ3) is 3.35. The molecule has 0 saturated carbocycles. The molecule has 2 aromatic heterocycles. The van der Waals surface area contributed by atoms with Gasteiger partial charge in [-0.25, -0.2) is 4.98 Å². The van der Waals surface area contributed by atoms with Crippen LogP contribution in [0.25, 0.3) is 4.96 Å². The van der Waals surface area contributed by atoms with E-state index in [-0.39, 0.29) is 17.5 Å². The summed E-state index contributed by atoms with van der Waals surface area (Å²) in [4.78, 5) is 42.6. The molecular formula is C19H18N4O3S. The van der Waals surface area contributed by atoms with Gasteiger partial charge in [-0.3, -0.25) is 18.8 Å². The number of hydrogen-bond donors (Lipinski definition) is 2. The van der Waals surface area contributed by atoms with Crippen LogP contribution < -0.4 is 16.6 Å². The fourth-order valence-electron chi connectivity index (χ4n) is 3.33. The van der Waals surface area contributed by atoms with Crippen molar-refractivity contribution in [3.8, 4) is 0 Å². The van der Waals surface area contributed by atoms with E-state index in [4.69, 9.17) is 5.73 Å². The first-order valence-electron chi connectivity index (χ1n) is 8.74. The number of fused-ring (bicyclic) bond motifs is 3. The Hall–Kier alpha value is -3.00. The monoisotopic (exact) mass is 382 g/mol. The quantitative estimate of drug-likeness (QED) is 0.719. The zero-order valence-electron chi connectivity index (χ0n) is 14.5. The van der Waals surface area contributed by atoms with Crippen molar-refractivity contribution in [2.24, 2.45) is 5.73 Å². The summed E-state index contributed by atoms with van der Waals surface area (Å²) >= 11 is 1.53. The van der Waals surface area contributed by atoms with Crippen molar-refractivity contribution >= 4 is 33.8 Å². The second-order valence-corrected chi connectivity index (χ2v) is 7.63. The molecule has 8 heteroatoms. The number of hydrogen-bond acceptors (Lipinski definition) is 5. The molecule has 2 amide bonds. The van der Waals surface area contributed by atoms with Crippen LogP contribution in [0.15, 0.2) is 35.3 Å². The molecular weight excluding hydrogens is 364 g/mol. The van der Waals surface area contributed by atoms with Crippen molar-refractivity contribution < 1.29 is 9.59 Å². The molecule has 0 bridgehead atoms.